The number of thioether (sulfide) groups is 1. The highest BCUT2D eigenvalue weighted by molar-refractivity contribution is 8.01. The number of amides is 2. The van der Waals surface area contributed by atoms with Crippen LogP contribution in [-0.2, 0) is 9.59 Å². The van der Waals surface area contributed by atoms with Gasteiger partial charge in [0.2, 0.25) is 11.8 Å². The topological polar surface area (TPSA) is 58.6 Å². The van der Waals surface area contributed by atoms with Crippen LogP contribution in [0.25, 0.3) is 0 Å². The van der Waals surface area contributed by atoms with Crippen molar-refractivity contribution >= 4 is 29.3 Å². The monoisotopic (exact) mass is 368 g/mol. The standard InChI is InChI=1S/C20H20N2O3S/c1-20-12-11-18(23)22(20)17(13-26-20)19(24)21-14-7-9-16(10-8-14)25-15-5-3-2-4-6-15/h2-10,17H,11-13H2,1H3,(H,21,24)/t17-,20-/m1/s1. The molecule has 2 heterocycles. The molecule has 0 saturated carbocycles. The number of hydrogen-bond acceptors (Lipinski definition) is 4. The summed E-state index contributed by atoms with van der Waals surface area (Å²) in [4.78, 5) is 26.4. The molecule has 0 aliphatic carbocycles. The molecule has 1 N–H and O–H groups in total. The van der Waals surface area contributed by atoms with Crippen LogP contribution in [0.1, 0.15) is 19.8 Å². The zero-order chi connectivity index (χ0) is 18.1. The number of nitrogens with one attached hydrogen (secondary N) is 1. The first-order chi connectivity index (χ1) is 12.5. The van der Waals surface area contributed by atoms with Gasteiger partial charge in [-0.1, -0.05) is 18.2 Å². The Morgan fingerprint density at radius 1 is 1.15 bits per heavy atom. The molecule has 134 valence electrons. The van der Waals surface area contributed by atoms with Crippen LogP contribution in [0.3, 0.4) is 0 Å². The molecule has 0 aromatic heterocycles. The first kappa shape index (κ1) is 17.0. The molecule has 2 saturated heterocycles. The number of benzene rings is 2. The van der Waals surface area contributed by atoms with Gasteiger partial charge in [0.1, 0.15) is 17.5 Å². The third kappa shape index (κ3) is 3.17. The van der Waals surface area contributed by atoms with Crippen LogP contribution in [-0.4, -0.2) is 33.4 Å². The van der Waals surface area contributed by atoms with Gasteiger partial charge in [-0.2, -0.15) is 0 Å². The van der Waals surface area contributed by atoms with Crippen molar-refractivity contribution in [3.05, 3.63) is 54.6 Å². The molecule has 0 unspecified atom stereocenters. The van der Waals surface area contributed by atoms with E-state index in [9.17, 15) is 9.59 Å². The Labute approximate surface area is 156 Å². The van der Waals surface area contributed by atoms with Crippen molar-refractivity contribution in [2.45, 2.75) is 30.7 Å². The number of ether oxygens (including phenoxy) is 1. The van der Waals surface area contributed by atoms with Gasteiger partial charge < -0.3 is 15.0 Å². The third-order valence-corrected chi connectivity index (χ3v) is 6.35. The summed E-state index contributed by atoms with van der Waals surface area (Å²) < 4.78 is 5.75. The first-order valence-corrected chi connectivity index (χ1v) is 9.64. The zero-order valence-electron chi connectivity index (χ0n) is 14.5. The average molecular weight is 368 g/mol. The summed E-state index contributed by atoms with van der Waals surface area (Å²) in [5.74, 6) is 2.05. The van der Waals surface area contributed by atoms with Crippen LogP contribution in [0.5, 0.6) is 11.5 Å². The number of anilines is 1. The van der Waals surface area contributed by atoms with E-state index in [2.05, 4.69) is 5.32 Å². The summed E-state index contributed by atoms with van der Waals surface area (Å²) in [5, 5.41) is 2.92. The van der Waals surface area contributed by atoms with E-state index in [4.69, 9.17) is 4.74 Å². The minimum Gasteiger partial charge on any atom is -0.457 e. The van der Waals surface area contributed by atoms with Crippen LogP contribution in [0.4, 0.5) is 5.69 Å². The number of carbonyl (C=O) groups is 2. The van der Waals surface area contributed by atoms with E-state index in [1.807, 2.05) is 61.5 Å². The van der Waals surface area contributed by atoms with Gasteiger partial charge in [0.25, 0.3) is 0 Å². The lowest BCUT2D eigenvalue weighted by Gasteiger charge is -2.29. The molecule has 2 aromatic carbocycles. The van der Waals surface area contributed by atoms with Gasteiger partial charge in [0.05, 0.1) is 4.87 Å². The Morgan fingerprint density at radius 3 is 2.58 bits per heavy atom. The van der Waals surface area contributed by atoms with Crippen molar-refractivity contribution in [1.29, 1.82) is 0 Å². The quantitative estimate of drug-likeness (QED) is 0.890. The molecule has 2 fully saturated rings. The number of hydrogen-bond donors (Lipinski definition) is 1. The molecule has 2 atom stereocenters. The van der Waals surface area contributed by atoms with E-state index < -0.39 is 6.04 Å². The van der Waals surface area contributed by atoms with Crippen molar-refractivity contribution in [2.24, 2.45) is 0 Å². The SMILES string of the molecule is C[C@@]12CCC(=O)N1[C@@H](C(=O)Nc1ccc(Oc3ccccc3)cc1)CS2. The summed E-state index contributed by atoms with van der Waals surface area (Å²) in [5.41, 5.74) is 0.695. The Balaban J connectivity index is 1.41. The number of fused-ring (bicyclic) bond motifs is 1. The summed E-state index contributed by atoms with van der Waals surface area (Å²) in [6.45, 7) is 2.05. The molecule has 2 amide bonds. The maximum absolute atomic E-state index is 12.7. The summed E-state index contributed by atoms with van der Waals surface area (Å²) in [6, 6.07) is 16.4. The van der Waals surface area contributed by atoms with Crippen molar-refractivity contribution < 1.29 is 14.3 Å². The van der Waals surface area contributed by atoms with E-state index in [1.165, 1.54) is 0 Å². The molecule has 0 spiro atoms. The van der Waals surface area contributed by atoms with E-state index in [-0.39, 0.29) is 16.7 Å². The number of nitrogens with zero attached hydrogens (tertiary/aromatic N) is 1. The van der Waals surface area contributed by atoms with Gasteiger partial charge in [-0.05, 0) is 49.7 Å². The maximum Gasteiger partial charge on any atom is 0.248 e. The minimum absolute atomic E-state index is 0.0734. The predicted molar refractivity (Wildman–Crippen MR) is 102 cm³/mol. The van der Waals surface area contributed by atoms with E-state index in [0.717, 1.165) is 12.2 Å². The van der Waals surface area contributed by atoms with Gasteiger partial charge in [-0.3, -0.25) is 9.59 Å². The molecule has 5 nitrogen and oxygen atoms in total. The highest BCUT2D eigenvalue weighted by Gasteiger charge is 2.52. The molecule has 2 aliphatic heterocycles. The van der Waals surface area contributed by atoms with Gasteiger partial charge in [-0.25, -0.2) is 0 Å². The Morgan fingerprint density at radius 2 is 1.85 bits per heavy atom. The maximum atomic E-state index is 12.7. The lowest BCUT2D eigenvalue weighted by molar-refractivity contribution is -0.135. The van der Waals surface area contributed by atoms with Crippen molar-refractivity contribution in [1.82, 2.24) is 4.90 Å². The molecule has 0 bridgehead atoms. The van der Waals surface area contributed by atoms with Crippen LogP contribution in [0, 0.1) is 0 Å². The fourth-order valence-electron chi connectivity index (χ4n) is 3.47. The van der Waals surface area contributed by atoms with Crippen molar-refractivity contribution in [2.75, 3.05) is 11.1 Å². The molecular weight excluding hydrogens is 348 g/mol. The lowest BCUT2D eigenvalue weighted by Crippen LogP contribution is -2.48. The summed E-state index contributed by atoms with van der Waals surface area (Å²) in [6.07, 6.45) is 1.34. The van der Waals surface area contributed by atoms with Crippen LogP contribution >= 0.6 is 11.8 Å². The van der Waals surface area contributed by atoms with E-state index in [1.54, 1.807) is 16.7 Å². The molecule has 6 heteroatoms. The molecule has 0 radical (unpaired) electrons. The van der Waals surface area contributed by atoms with Crippen LogP contribution < -0.4 is 10.1 Å². The zero-order valence-corrected chi connectivity index (χ0v) is 15.3. The molecule has 26 heavy (non-hydrogen) atoms. The largest absolute Gasteiger partial charge is 0.457 e. The molecule has 2 aliphatic rings. The van der Waals surface area contributed by atoms with Crippen molar-refractivity contribution in [3.63, 3.8) is 0 Å². The molecule has 4 rings (SSSR count). The van der Waals surface area contributed by atoms with Gasteiger partial charge in [-0.15, -0.1) is 11.8 Å². The number of para-hydroxylation sites is 1. The Hall–Kier alpha value is -2.47. The summed E-state index contributed by atoms with van der Waals surface area (Å²) >= 11 is 1.69. The second-order valence-corrected chi connectivity index (χ2v) is 8.20. The number of carbonyl (C=O) groups excluding carboxylic acids is 2. The lowest BCUT2D eigenvalue weighted by atomic mass is 10.2. The molecule has 2 aromatic rings. The summed E-state index contributed by atoms with van der Waals surface area (Å²) in [7, 11) is 0. The smallest absolute Gasteiger partial charge is 0.248 e. The molecular formula is C20H20N2O3S. The minimum atomic E-state index is -0.403. The van der Waals surface area contributed by atoms with Gasteiger partial charge in [0.15, 0.2) is 0 Å². The predicted octanol–water partition coefficient (Wildman–Crippen LogP) is 3.87. The highest BCUT2D eigenvalue weighted by Crippen LogP contribution is 2.47. The number of rotatable bonds is 4. The normalized spacial score (nSPS) is 24.4. The highest BCUT2D eigenvalue weighted by atomic mass is 32.2. The van der Waals surface area contributed by atoms with Crippen molar-refractivity contribution in [3.8, 4) is 11.5 Å². The van der Waals surface area contributed by atoms with Crippen LogP contribution in [0.2, 0.25) is 0 Å². The average Bonchev–Trinajstić information content (AvgIpc) is 3.14. The Kier molecular flexibility index (Phi) is 4.36. The van der Waals surface area contributed by atoms with E-state index >= 15 is 0 Å². The Bertz CT molecular complexity index is 825. The van der Waals surface area contributed by atoms with Gasteiger partial charge in [0, 0.05) is 17.9 Å². The van der Waals surface area contributed by atoms with Gasteiger partial charge >= 0.3 is 0 Å². The fraction of sp³-hybridized carbons (Fsp3) is 0.300. The fourth-order valence-corrected chi connectivity index (χ4v) is 4.90. The first-order valence-electron chi connectivity index (χ1n) is 8.65. The second-order valence-electron chi connectivity index (χ2n) is 6.69. The van der Waals surface area contributed by atoms with E-state index in [0.29, 0.717) is 23.6 Å². The second kappa shape index (κ2) is 6.68. The van der Waals surface area contributed by atoms with Crippen LogP contribution in [0.15, 0.2) is 54.6 Å². The third-order valence-electron chi connectivity index (χ3n) is 4.85.